The number of rotatable bonds is 12. The zero-order chi connectivity index (χ0) is 20.7. The summed E-state index contributed by atoms with van der Waals surface area (Å²) in [6.07, 6.45) is 6.75. The Balaban J connectivity index is 2.42. The predicted octanol–water partition coefficient (Wildman–Crippen LogP) is 5.12. The Kier molecular flexibility index (Phi) is 9.47. The topological polar surface area (TPSA) is 40.6 Å². The lowest BCUT2D eigenvalue weighted by Crippen LogP contribution is -2.35. The lowest BCUT2D eigenvalue weighted by atomic mass is 9.65. The fraction of sp³-hybridized carbons (Fsp3) is 0.913. The van der Waals surface area contributed by atoms with Gasteiger partial charge in [0.2, 0.25) is 11.8 Å². The average Bonchev–Trinajstić information content (AvgIpc) is 2.80. The molecule has 158 valence electrons. The molecule has 0 aromatic rings. The van der Waals surface area contributed by atoms with Crippen LogP contribution in [0.5, 0.6) is 0 Å². The summed E-state index contributed by atoms with van der Waals surface area (Å²) < 4.78 is 0. The third-order valence-corrected chi connectivity index (χ3v) is 6.56. The van der Waals surface area contributed by atoms with Crippen molar-refractivity contribution in [2.24, 2.45) is 16.7 Å². The van der Waals surface area contributed by atoms with Crippen molar-refractivity contribution >= 4 is 11.8 Å². The third kappa shape index (κ3) is 7.21. The van der Waals surface area contributed by atoms with E-state index in [2.05, 4.69) is 53.4 Å². The molecular weight excluding hydrogens is 336 g/mol. The molecule has 0 spiro atoms. The maximum Gasteiger partial charge on any atom is 0.232 e. The van der Waals surface area contributed by atoms with Gasteiger partial charge in [-0.15, -0.1) is 0 Å². The third-order valence-electron chi connectivity index (χ3n) is 6.56. The van der Waals surface area contributed by atoms with Crippen LogP contribution in [0.1, 0.15) is 93.4 Å². The van der Waals surface area contributed by atoms with E-state index < -0.39 is 0 Å². The van der Waals surface area contributed by atoms with Crippen LogP contribution in [0.4, 0.5) is 0 Å². The van der Waals surface area contributed by atoms with Crippen LogP contribution in [-0.4, -0.2) is 47.8 Å². The Labute approximate surface area is 168 Å². The Morgan fingerprint density at radius 1 is 0.926 bits per heavy atom. The van der Waals surface area contributed by atoms with E-state index in [4.69, 9.17) is 0 Å². The first-order valence-electron chi connectivity index (χ1n) is 11.1. The molecule has 0 aromatic heterocycles. The second-order valence-electron chi connectivity index (χ2n) is 10.0. The van der Waals surface area contributed by atoms with Crippen LogP contribution in [-0.2, 0) is 9.59 Å². The van der Waals surface area contributed by atoms with Crippen LogP contribution in [0.25, 0.3) is 0 Å². The van der Waals surface area contributed by atoms with Crippen molar-refractivity contribution in [2.45, 2.75) is 93.4 Å². The molecule has 1 fully saturated rings. The number of unbranched alkanes of at least 4 members (excludes halogenated alkanes) is 2. The van der Waals surface area contributed by atoms with Gasteiger partial charge < -0.3 is 4.90 Å². The molecule has 1 atom stereocenters. The van der Waals surface area contributed by atoms with Crippen molar-refractivity contribution in [2.75, 3.05) is 26.2 Å². The van der Waals surface area contributed by atoms with E-state index in [1.165, 1.54) is 25.9 Å². The summed E-state index contributed by atoms with van der Waals surface area (Å²) in [6, 6.07) is 0. The van der Waals surface area contributed by atoms with E-state index in [0.29, 0.717) is 13.0 Å². The summed E-state index contributed by atoms with van der Waals surface area (Å²) >= 11 is 0. The molecule has 1 aliphatic rings. The van der Waals surface area contributed by atoms with Gasteiger partial charge in [0.05, 0.1) is 0 Å². The van der Waals surface area contributed by atoms with Gasteiger partial charge in [0, 0.05) is 18.9 Å². The van der Waals surface area contributed by atoms with Crippen LogP contribution in [0.2, 0.25) is 0 Å². The van der Waals surface area contributed by atoms with Gasteiger partial charge in [-0.2, -0.15) is 0 Å². The van der Waals surface area contributed by atoms with Crippen LogP contribution in [0.3, 0.4) is 0 Å². The van der Waals surface area contributed by atoms with Crippen LogP contribution in [0.15, 0.2) is 0 Å². The largest absolute Gasteiger partial charge is 0.303 e. The zero-order valence-corrected chi connectivity index (χ0v) is 19.1. The lowest BCUT2D eigenvalue weighted by molar-refractivity contribution is -0.139. The van der Waals surface area contributed by atoms with Crippen molar-refractivity contribution in [3.63, 3.8) is 0 Å². The fourth-order valence-corrected chi connectivity index (χ4v) is 3.82. The molecule has 0 aliphatic carbocycles. The van der Waals surface area contributed by atoms with Crippen molar-refractivity contribution in [1.29, 1.82) is 0 Å². The maximum absolute atomic E-state index is 12.8. The normalized spacial score (nSPS) is 18.8. The molecule has 27 heavy (non-hydrogen) atoms. The number of imide groups is 1. The van der Waals surface area contributed by atoms with Gasteiger partial charge in [0.1, 0.15) is 0 Å². The minimum atomic E-state index is -0.128. The van der Waals surface area contributed by atoms with Gasteiger partial charge in [0.15, 0.2) is 0 Å². The molecule has 0 N–H and O–H groups in total. The molecule has 0 saturated carbocycles. The summed E-state index contributed by atoms with van der Waals surface area (Å²) in [5.74, 6) is -0.0273. The van der Waals surface area contributed by atoms with Crippen LogP contribution < -0.4 is 0 Å². The van der Waals surface area contributed by atoms with Gasteiger partial charge in [0.25, 0.3) is 0 Å². The molecule has 4 nitrogen and oxygen atoms in total. The van der Waals surface area contributed by atoms with E-state index in [1.54, 1.807) is 4.90 Å². The second kappa shape index (κ2) is 10.6. The standard InChI is InChI=1S/C23H44N2O2/c1-8-13-24(14-9-2)15-11-10-12-16-25-20(26)17-19(21(25)27)18-23(6,7)22(3,4)5/h19H,8-18H2,1-7H3. The van der Waals surface area contributed by atoms with Gasteiger partial charge in [-0.1, -0.05) is 54.9 Å². The number of hydrogen-bond donors (Lipinski definition) is 0. The Morgan fingerprint density at radius 3 is 2.04 bits per heavy atom. The maximum atomic E-state index is 12.8. The van der Waals surface area contributed by atoms with E-state index in [9.17, 15) is 9.59 Å². The Morgan fingerprint density at radius 2 is 1.52 bits per heavy atom. The van der Waals surface area contributed by atoms with E-state index >= 15 is 0 Å². The molecule has 1 aliphatic heterocycles. The molecule has 2 amide bonds. The number of hydrogen-bond acceptors (Lipinski definition) is 3. The highest BCUT2D eigenvalue weighted by atomic mass is 16.2. The monoisotopic (exact) mass is 380 g/mol. The van der Waals surface area contributed by atoms with Crippen molar-refractivity contribution < 1.29 is 9.59 Å². The summed E-state index contributed by atoms with van der Waals surface area (Å²) in [5, 5.41) is 0. The van der Waals surface area contributed by atoms with Crippen molar-refractivity contribution in [1.82, 2.24) is 9.80 Å². The Bertz CT molecular complexity index is 473. The van der Waals surface area contributed by atoms with E-state index in [0.717, 1.165) is 32.2 Å². The predicted molar refractivity (Wildman–Crippen MR) is 114 cm³/mol. The van der Waals surface area contributed by atoms with Crippen molar-refractivity contribution in [3.05, 3.63) is 0 Å². The molecule has 1 unspecified atom stereocenters. The number of carbonyl (C=O) groups is 2. The second-order valence-corrected chi connectivity index (χ2v) is 10.0. The zero-order valence-electron chi connectivity index (χ0n) is 19.1. The minimum Gasteiger partial charge on any atom is -0.303 e. The average molecular weight is 381 g/mol. The number of carbonyl (C=O) groups excluding carboxylic acids is 2. The number of likely N-dealkylation sites (tertiary alicyclic amines) is 1. The summed E-state index contributed by atoms with van der Waals surface area (Å²) in [7, 11) is 0. The van der Waals surface area contributed by atoms with Gasteiger partial charge >= 0.3 is 0 Å². The molecule has 0 aromatic carbocycles. The van der Waals surface area contributed by atoms with Crippen LogP contribution >= 0.6 is 0 Å². The quantitative estimate of drug-likeness (QED) is 0.349. The summed E-state index contributed by atoms with van der Waals surface area (Å²) in [5.41, 5.74) is 0.151. The molecule has 1 rings (SSSR count). The highest BCUT2D eigenvalue weighted by molar-refractivity contribution is 6.03. The smallest absolute Gasteiger partial charge is 0.232 e. The van der Waals surface area contributed by atoms with E-state index in [1.807, 2.05) is 0 Å². The lowest BCUT2D eigenvalue weighted by Gasteiger charge is -2.40. The highest BCUT2D eigenvalue weighted by Crippen LogP contribution is 2.44. The molecule has 4 heteroatoms. The van der Waals surface area contributed by atoms with Crippen LogP contribution in [0, 0.1) is 16.7 Å². The summed E-state index contributed by atoms with van der Waals surface area (Å²) in [4.78, 5) is 29.2. The number of amides is 2. The van der Waals surface area contributed by atoms with Crippen molar-refractivity contribution in [3.8, 4) is 0 Å². The van der Waals surface area contributed by atoms with E-state index in [-0.39, 0.29) is 28.6 Å². The van der Waals surface area contributed by atoms with Gasteiger partial charge in [-0.05, 0) is 62.6 Å². The van der Waals surface area contributed by atoms with Gasteiger partial charge in [-0.3, -0.25) is 14.5 Å². The molecule has 0 bridgehead atoms. The first kappa shape index (κ1) is 24.1. The first-order chi connectivity index (χ1) is 12.5. The molecular formula is C23H44N2O2. The molecule has 1 saturated heterocycles. The fourth-order valence-electron chi connectivity index (χ4n) is 3.82. The first-order valence-corrected chi connectivity index (χ1v) is 11.1. The summed E-state index contributed by atoms with van der Waals surface area (Å²) in [6.45, 7) is 19.6. The highest BCUT2D eigenvalue weighted by Gasteiger charge is 2.43. The molecule has 0 radical (unpaired) electrons. The molecule has 1 heterocycles. The Hall–Kier alpha value is -0.900. The number of nitrogens with zero attached hydrogens (tertiary/aromatic N) is 2. The SMILES string of the molecule is CCCN(CCC)CCCCCN1C(=O)CC(CC(C)(C)C(C)(C)C)C1=O. The van der Waals surface area contributed by atoms with Gasteiger partial charge in [-0.25, -0.2) is 0 Å². The minimum absolute atomic E-state index is 0.0334.